The van der Waals surface area contributed by atoms with Crippen LogP contribution >= 0.6 is 22.9 Å². The Morgan fingerprint density at radius 1 is 0.763 bits per heavy atom. The Balaban J connectivity index is 1.51. The summed E-state index contributed by atoms with van der Waals surface area (Å²) in [5.41, 5.74) is 4.09. The fourth-order valence-electron chi connectivity index (χ4n) is 4.22. The van der Waals surface area contributed by atoms with Crippen molar-refractivity contribution in [3.63, 3.8) is 0 Å². The van der Waals surface area contributed by atoms with Crippen LogP contribution in [0.4, 0.5) is 0 Å². The maximum absolute atomic E-state index is 13.4. The molecule has 0 aliphatic heterocycles. The second-order valence-corrected chi connectivity index (χ2v) is 9.66. The average Bonchev–Trinajstić information content (AvgIpc) is 3.38. The fourth-order valence-corrected chi connectivity index (χ4v) is 5.21. The van der Waals surface area contributed by atoms with E-state index >= 15 is 0 Å². The van der Waals surface area contributed by atoms with Crippen LogP contribution in [0.25, 0.3) is 33.5 Å². The lowest BCUT2D eigenvalue weighted by Gasteiger charge is -2.10. The summed E-state index contributed by atoms with van der Waals surface area (Å²) < 4.78 is 3.59. The smallest absolute Gasteiger partial charge is 0.266 e. The van der Waals surface area contributed by atoms with Gasteiger partial charge >= 0.3 is 0 Å². The average molecular weight is 534 g/mol. The molecule has 0 atom stereocenters. The molecule has 2 aromatic heterocycles. The molecule has 8 heteroatoms. The lowest BCUT2D eigenvalue weighted by atomic mass is 10.1. The lowest BCUT2D eigenvalue weighted by molar-refractivity contribution is 0.939. The molecule has 0 aliphatic rings. The maximum Gasteiger partial charge on any atom is 0.266 e. The van der Waals surface area contributed by atoms with Crippen molar-refractivity contribution < 1.29 is 0 Å². The van der Waals surface area contributed by atoms with Crippen molar-refractivity contribution in [3.05, 3.63) is 141 Å². The normalized spacial score (nSPS) is 12.0. The van der Waals surface area contributed by atoms with Crippen molar-refractivity contribution in [2.45, 2.75) is 0 Å². The van der Waals surface area contributed by atoms with Gasteiger partial charge in [0.15, 0.2) is 5.82 Å². The Bertz CT molecular complexity index is 1890. The van der Waals surface area contributed by atoms with Crippen LogP contribution < -0.4 is 10.4 Å². The van der Waals surface area contributed by atoms with E-state index in [2.05, 4.69) is 22.3 Å². The topological polar surface area (TPSA) is 64.5 Å². The first-order valence-electron chi connectivity index (χ1n) is 11.9. The number of para-hydroxylation sites is 2. The van der Waals surface area contributed by atoms with Gasteiger partial charge in [-0.2, -0.15) is 5.10 Å². The summed E-state index contributed by atoms with van der Waals surface area (Å²) in [4.78, 5) is 18.8. The molecule has 0 bridgehead atoms. The SMILES string of the molecule is O=c1c2ccccc2nc(/C=N/N=c2\scc(-c3ccccc3)n2-c2ccc(Cl)cc2)n1-c1ccccc1. The number of halogens is 1. The van der Waals surface area contributed by atoms with E-state index < -0.39 is 0 Å². The lowest BCUT2D eigenvalue weighted by Crippen LogP contribution is -2.23. The molecular weight excluding hydrogens is 514 g/mol. The molecule has 0 N–H and O–H groups in total. The van der Waals surface area contributed by atoms with Crippen LogP contribution in [0.3, 0.4) is 0 Å². The number of nitrogens with zero attached hydrogens (tertiary/aromatic N) is 5. The Morgan fingerprint density at radius 3 is 2.18 bits per heavy atom. The molecule has 6 aromatic rings. The number of fused-ring (bicyclic) bond motifs is 1. The third kappa shape index (κ3) is 4.61. The molecule has 0 unspecified atom stereocenters. The molecule has 0 fully saturated rings. The Morgan fingerprint density at radius 2 is 1.42 bits per heavy atom. The van der Waals surface area contributed by atoms with Gasteiger partial charge in [-0.15, -0.1) is 16.4 Å². The van der Waals surface area contributed by atoms with Crippen molar-refractivity contribution >= 4 is 40.1 Å². The predicted octanol–water partition coefficient (Wildman–Crippen LogP) is 6.49. The van der Waals surface area contributed by atoms with Gasteiger partial charge < -0.3 is 0 Å². The van der Waals surface area contributed by atoms with E-state index in [0.717, 1.165) is 16.9 Å². The van der Waals surface area contributed by atoms with Crippen LogP contribution in [0.15, 0.2) is 130 Å². The largest absolute Gasteiger partial charge is 0.284 e. The van der Waals surface area contributed by atoms with E-state index in [1.54, 1.807) is 10.6 Å². The number of benzene rings is 4. The maximum atomic E-state index is 13.4. The van der Waals surface area contributed by atoms with Crippen LogP contribution in [0.2, 0.25) is 5.02 Å². The summed E-state index contributed by atoms with van der Waals surface area (Å²) >= 11 is 7.62. The molecule has 0 saturated carbocycles. The van der Waals surface area contributed by atoms with Gasteiger partial charge in [0, 0.05) is 16.1 Å². The van der Waals surface area contributed by atoms with Crippen molar-refractivity contribution in [2.75, 3.05) is 0 Å². The molecule has 0 amide bonds. The molecule has 0 aliphatic carbocycles. The summed E-state index contributed by atoms with van der Waals surface area (Å²) in [7, 11) is 0. The number of aromatic nitrogens is 3. The molecule has 0 radical (unpaired) electrons. The first-order chi connectivity index (χ1) is 18.7. The van der Waals surface area contributed by atoms with E-state index in [-0.39, 0.29) is 5.56 Å². The summed E-state index contributed by atoms with van der Waals surface area (Å²) in [6.07, 6.45) is 1.52. The van der Waals surface area contributed by atoms with E-state index in [0.29, 0.717) is 32.2 Å². The minimum absolute atomic E-state index is 0.165. The Kier molecular flexibility index (Phi) is 6.52. The predicted molar refractivity (Wildman–Crippen MR) is 155 cm³/mol. The Labute approximate surface area is 227 Å². The van der Waals surface area contributed by atoms with Crippen molar-refractivity contribution in [2.24, 2.45) is 10.2 Å². The summed E-state index contributed by atoms with van der Waals surface area (Å²) in [5.74, 6) is 0.390. The molecule has 184 valence electrons. The summed E-state index contributed by atoms with van der Waals surface area (Å²) in [6.45, 7) is 0. The number of thiazole rings is 1. The standard InChI is InChI=1S/C30H20ClN5OS/c31-22-15-17-24(18-16-22)35-27(21-9-3-1-4-10-21)20-38-30(35)34-32-19-28-33-26-14-8-7-13-25(26)29(37)36(28)23-11-5-2-6-12-23/h1-20H/b32-19+,34-30-. The van der Waals surface area contributed by atoms with Crippen LogP contribution in [0.5, 0.6) is 0 Å². The number of hydrogen-bond donors (Lipinski definition) is 0. The minimum Gasteiger partial charge on any atom is -0.284 e. The molecule has 4 aromatic carbocycles. The molecule has 0 saturated heterocycles. The van der Waals surface area contributed by atoms with Crippen LogP contribution in [0, 0.1) is 0 Å². The zero-order valence-electron chi connectivity index (χ0n) is 20.0. The first-order valence-corrected chi connectivity index (χ1v) is 13.1. The minimum atomic E-state index is -0.165. The van der Waals surface area contributed by atoms with E-state index in [4.69, 9.17) is 16.6 Å². The summed E-state index contributed by atoms with van der Waals surface area (Å²) in [6, 6.07) is 34.4. The molecule has 6 nitrogen and oxygen atoms in total. The second-order valence-electron chi connectivity index (χ2n) is 8.39. The first kappa shape index (κ1) is 23.8. The van der Waals surface area contributed by atoms with Gasteiger partial charge in [-0.3, -0.25) is 13.9 Å². The number of hydrogen-bond acceptors (Lipinski definition) is 5. The van der Waals surface area contributed by atoms with E-state index in [1.807, 2.05) is 101 Å². The molecule has 0 spiro atoms. The highest BCUT2D eigenvalue weighted by Crippen LogP contribution is 2.24. The zero-order chi connectivity index (χ0) is 25.9. The monoisotopic (exact) mass is 533 g/mol. The molecular formula is C30H20ClN5OS. The number of rotatable bonds is 5. The van der Waals surface area contributed by atoms with Gasteiger partial charge in [0.05, 0.1) is 28.5 Å². The van der Waals surface area contributed by atoms with Gasteiger partial charge in [0.1, 0.15) is 0 Å². The van der Waals surface area contributed by atoms with Crippen molar-refractivity contribution in [1.82, 2.24) is 14.1 Å². The van der Waals surface area contributed by atoms with Gasteiger partial charge in [0.2, 0.25) is 4.80 Å². The van der Waals surface area contributed by atoms with Gasteiger partial charge in [-0.1, -0.05) is 72.3 Å². The quantitative estimate of drug-likeness (QED) is 0.188. The van der Waals surface area contributed by atoms with Crippen LogP contribution in [-0.2, 0) is 0 Å². The highest BCUT2D eigenvalue weighted by atomic mass is 35.5. The second kappa shape index (κ2) is 10.4. The van der Waals surface area contributed by atoms with Crippen molar-refractivity contribution in [3.8, 4) is 22.6 Å². The molecule has 38 heavy (non-hydrogen) atoms. The zero-order valence-corrected chi connectivity index (χ0v) is 21.5. The van der Waals surface area contributed by atoms with Crippen molar-refractivity contribution in [1.29, 1.82) is 0 Å². The third-order valence-corrected chi connectivity index (χ3v) is 7.06. The third-order valence-electron chi connectivity index (χ3n) is 6.00. The van der Waals surface area contributed by atoms with E-state index in [9.17, 15) is 4.79 Å². The van der Waals surface area contributed by atoms with Gasteiger partial charge in [-0.25, -0.2) is 4.98 Å². The van der Waals surface area contributed by atoms with Crippen LogP contribution in [-0.4, -0.2) is 20.3 Å². The van der Waals surface area contributed by atoms with Crippen LogP contribution in [0.1, 0.15) is 5.82 Å². The van der Waals surface area contributed by atoms with Gasteiger partial charge in [0.25, 0.3) is 5.56 Å². The Hall–Kier alpha value is -4.59. The summed E-state index contributed by atoms with van der Waals surface area (Å²) in [5, 5.41) is 12.2. The fraction of sp³-hybridized carbons (Fsp3) is 0. The van der Waals surface area contributed by atoms with Gasteiger partial charge in [-0.05, 0) is 54.1 Å². The van der Waals surface area contributed by atoms with E-state index in [1.165, 1.54) is 17.6 Å². The highest BCUT2D eigenvalue weighted by Gasteiger charge is 2.12. The highest BCUT2D eigenvalue weighted by molar-refractivity contribution is 7.07. The molecule has 6 rings (SSSR count). The molecule has 2 heterocycles.